The van der Waals surface area contributed by atoms with Crippen molar-refractivity contribution in [2.24, 2.45) is 5.41 Å². The normalized spacial score (nSPS) is 23.6. The Hall–Kier alpha value is -0.940. The minimum Gasteiger partial charge on any atom is -0.385 e. The van der Waals surface area contributed by atoms with Gasteiger partial charge in [0.15, 0.2) is 6.29 Å². The number of hydrogen-bond acceptors (Lipinski definition) is 4. The second-order valence-corrected chi connectivity index (χ2v) is 5.50. The Balaban J connectivity index is 1.98. The van der Waals surface area contributed by atoms with Gasteiger partial charge in [-0.2, -0.15) is 0 Å². The van der Waals surface area contributed by atoms with Crippen LogP contribution in [-0.4, -0.2) is 35.8 Å². The van der Waals surface area contributed by atoms with Gasteiger partial charge in [-0.05, 0) is 5.56 Å². The van der Waals surface area contributed by atoms with Crippen LogP contribution in [0.4, 0.5) is 0 Å². The maximum absolute atomic E-state index is 10.1. The van der Waals surface area contributed by atoms with Gasteiger partial charge in [0.05, 0.1) is 13.2 Å². The molecule has 4 nitrogen and oxygen atoms in total. The molecule has 0 spiro atoms. The topological polar surface area (TPSA) is 58.9 Å². The highest BCUT2D eigenvalue weighted by Crippen LogP contribution is 2.28. The first-order valence-electron chi connectivity index (χ1n) is 6.14. The maximum Gasteiger partial charge on any atom is 0.186 e. The Morgan fingerprint density at radius 1 is 1.11 bits per heavy atom. The van der Waals surface area contributed by atoms with E-state index in [-0.39, 0.29) is 5.41 Å². The molecule has 0 saturated carbocycles. The minimum absolute atomic E-state index is 0.0477. The van der Waals surface area contributed by atoms with Gasteiger partial charge in [0.1, 0.15) is 12.2 Å². The third-order valence-corrected chi connectivity index (χ3v) is 3.02. The number of ether oxygens (including phenoxy) is 2. The molecule has 0 bridgehead atoms. The predicted octanol–water partition coefficient (Wildman–Crippen LogP) is 1.48. The second kappa shape index (κ2) is 5.36. The molecule has 0 aromatic heterocycles. The summed E-state index contributed by atoms with van der Waals surface area (Å²) in [4.78, 5) is 0. The van der Waals surface area contributed by atoms with E-state index in [2.05, 4.69) is 0 Å². The van der Waals surface area contributed by atoms with Gasteiger partial charge in [0, 0.05) is 5.41 Å². The Labute approximate surface area is 107 Å². The van der Waals surface area contributed by atoms with Crippen molar-refractivity contribution in [3.8, 4) is 0 Å². The zero-order valence-electron chi connectivity index (χ0n) is 10.7. The van der Waals surface area contributed by atoms with Crippen molar-refractivity contribution in [1.29, 1.82) is 0 Å². The fourth-order valence-electron chi connectivity index (χ4n) is 1.90. The van der Waals surface area contributed by atoms with E-state index >= 15 is 0 Å². The maximum atomic E-state index is 10.1. The third kappa shape index (κ3) is 3.09. The Kier molecular flexibility index (Phi) is 4.02. The average molecular weight is 252 g/mol. The van der Waals surface area contributed by atoms with Gasteiger partial charge in [-0.3, -0.25) is 0 Å². The highest BCUT2D eigenvalue weighted by Gasteiger charge is 2.35. The number of aliphatic hydroxyl groups excluding tert-OH is 2. The van der Waals surface area contributed by atoms with E-state index in [1.54, 1.807) is 12.1 Å². The molecule has 4 heteroatoms. The molecule has 1 heterocycles. The number of hydrogen-bond donors (Lipinski definition) is 2. The van der Waals surface area contributed by atoms with Crippen molar-refractivity contribution in [2.75, 3.05) is 13.2 Å². The van der Waals surface area contributed by atoms with Crippen molar-refractivity contribution in [2.45, 2.75) is 32.3 Å². The lowest BCUT2D eigenvalue weighted by molar-refractivity contribution is -0.270. The van der Waals surface area contributed by atoms with Crippen LogP contribution in [0, 0.1) is 5.41 Å². The van der Waals surface area contributed by atoms with Crippen LogP contribution in [0.1, 0.15) is 25.5 Å². The molecule has 1 fully saturated rings. The molecule has 1 saturated heterocycles. The summed E-state index contributed by atoms with van der Waals surface area (Å²) in [5.41, 5.74) is 0.607. The van der Waals surface area contributed by atoms with Gasteiger partial charge in [-0.1, -0.05) is 44.2 Å². The average Bonchev–Trinajstić information content (AvgIpc) is 2.38. The lowest BCUT2D eigenvalue weighted by Crippen LogP contribution is -2.45. The lowest BCUT2D eigenvalue weighted by atomic mass is 9.95. The van der Waals surface area contributed by atoms with Crippen LogP contribution in [0.25, 0.3) is 0 Å². The molecule has 100 valence electrons. The smallest absolute Gasteiger partial charge is 0.186 e. The van der Waals surface area contributed by atoms with Crippen LogP contribution in [0.15, 0.2) is 30.3 Å². The van der Waals surface area contributed by atoms with Crippen LogP contribution < -0.4 is 0 Å². The number of aliphatic hydroxyl groups is 2. The fraction of sp³-hybridized carbons (Fsp3) is 0.571. The molecule has 1 aliphatic heterocycles. The largest absolute Gasteiger partial charge is 0.385 e. The van der Waals surface area contributed by atoms with E-state index in [1.165, 1.54) is 0 Å². The summed E-state index contributed by atoms with van der Waals surface area (Å²) >= 11 is 0. The molecule has 1 aliphatic rings. The van der Waals surface area contributed by atoms with Crippen molar-refractivity contribution in [1.82, 2.24) is 0 Å². The van der Waals surface area contributed by atoms with E-state index in [9.17, 15) is 10.2 Å². The first-order valence-corrected chi connectivity index (χ1v) is 6.14. The predicted molar refractivity (Wildman–Crippen MR) is 66.9 cm³/mol. The van der Waals surface area contributed by atoms with Gasteiger partial charge in [0.2, 0.25) is 0 Å². The van der Waals surface area contributed by atoms with Gasteiger partial charge in [0.25, 0.3) is 0 Å². The summed E-state index contributed by atoms with van der Waals surface area (Å²) in [5.74, 6) is 0. The molecule has 1 aromatic rings. The standard InChI is InChI=1S/C14H20O4/c1-14(2)8-17-13(18-9-14)12(16)11(15)10-6-4-3-5-7-10/h3-7,11-13,15-16H,8-9H2,1-2H3/t11-,12+/m1/s1. The SMILES string of the molecule is CC1(C)COC([C@@H](O)[C@H](O)c2ccccc2)OC1. The number of rotatable bonds is 3. The van der Waals surface area contributed by atoms with Crippen molar-refractivity contribution >= 4 is 0 Å². The van der Waals surface area contributed by atoms with Crippen molar-refractivity contribution < 1.29 is 19.7 Å². The van der Waals surface area contributed by atoms with E-state index in [0.29, 0.717) is 18.8 Å². The molecule has 2 rings (SSSR count). The van der Waals surface area contributed by atoms with Crippen LogP contribution >= 0.6 is 0 Å². The van der Waals surface area contributed by atoms with Crippen molar-refractivity contribution in [3.63, 3.8) is 0 Å². The molecule has 0 amide bonds. The second-order valence-electron chi connectivity index (χ2n) is 5.50. The Morgan fingerprint density at radius 3 is 2.22 bits per heavy atom. The first kappa shape index (κ1) is 13.5. The Morgan fingerprint density at radius 2 is 1.67 bits per heavy atom. The molecule has 2 atom stereocenters. The molecule has 0 unspecified atom stereocenters. The van der Waals surface area contributed by atoms with Crippen LogP contribution in [0.3, 0.4) is 0 Å². The molecule has 0 aliphatic carbocycles. The lowest BCUT2D eigenvalue weighted by Gasteiger charge is -2.37. The molecule has 1 aromatic carbocycles. The van der Waals surface area contributed by atoms with Crippen LogP contribution in [0.5, 0.6) is 0 Å². The minimum atomic E-state index is -1.08. The van der Waals surface area contributed by atoms with Gasteiger partial charge >= 0.3 is 0 Å². The summed E-state index contributed by atoms with van der Waals surface area (Å²) in [6.45, 7) is 5.08. The number of benzene rings is 1. The summed E-state index contributed by atoms with van der Waals surface area (Å²) in [5, 5.41) is 20.1. The monoisotopic (exact) mass is 252 g/mol. The van der Waals surface area contributed by atoms with E-state index in [1.807, 2.05) is 32.0 Å². The Bertz CT molecular complexity index is 367. The highest BCUT2D eigenvalue weighted by atomic mass is 16.7. The van der Waals surface area contributed by atoms with Gasteiger partial charge in [-0.25, -0.2) is 0 Å². The zero-order chi connectivity index (χ0) is 13.2. The molecule has 0 radical (unpaired) electrons. The van der Waals surface area contributed by atoms with Crippen LogP contribution in [-0.2, 0) is 9.47 Å². The van der Waals surface area contributed by atoms with E-state index in [0.717, 1.165) is 0 Å². The van der Waals surface area contributed by atoms with Crippen LogP contribution in [0.2, 0.25) is 0 Å². The molecular weight excluding hydrogens is 232 g/mol. The summed E-state index contributed by atoms with van der Waals surface area (Å²) in [6, 6.07) is 9.02. The fourth-order valence-corrected chi connectivity index (χ4v) is 1.90. The molecule has 18 heavy (non-hydrogen) atoms. The van der Waals surface area contributed by atoms with E-state index in [4.69, 9.17) is 9.47 Å². The highest BCUT2D eigenvalue weighted by molar-refractivity contribution is 5.18. The third-order valence-electron chi connectivity index (χ3n) is 3.02. The van der Waals surface area contributed by atoms with Gasteiger partial charge in [-0.15, -0.1) is 0 Å². The molecular formula is C14H20O4. The van der Waals surface area contributed by atoms with E-state index < -0.39 is 18.5 Å². The summed E-state index contributed by atoms with van der Waals surface area (Å²) in [6.07, 6.45) is -2.85. The molecule has 2 N–H and O–H groups in total. The van der Waals surface area contributed by atoms with Crippen molar-refractivity contribution in [3.05, 3.63) is 35.9 Å². The quantitative estimate of drug-likeness (QED) is 0.855. The first-order chi connectivity index (χ1) is 8.49. The zero-order valence-corrected chi connectivity index (χ0v) is 10.7. The summed E-state index contributed by atoms with van der Waals surface area (Å²) < 4.78 is 10.9. The summed E-state index contributed by atoms with van der Waals surface area (Å²) in [7, 11) is 0. The van der Waals surface area contributed by atoms with Gasteiger partial charge < -0.3 is 19.7 Å².